The second kappa shape index (κ2) is 7.31. The first-order valence-corrected chi connectivity index (χ1v) is 9.34. The van der Waals surface area contributed by atoms with Crippen LogP contribution in [-0.4, -0.2) is 32.4 Å². The van der Waals surface area contributed by atoms with Gasteiger partial charge in [-0.25, -0.2) is 0 Å². The number of aryl methyl sites for hydroxylation is 1. The highest BCUT2D eigenvalue weighted by molar-refractivity contribution is 7.91. The fraction of sp³-hybridized carbons (Fsp3) is 0.562. The third kappa shape index (κ3) is 4.45. The lowest BCUT2D eigenvalue weighted by Gasteiger charge is -2.18. The second-order valence-electron chi connectivity index (χ2n) is 6.36. The molecule has 2 N–H and O–H groups in total. The van der Waals surface area contributed by atoms with E-state index in [9.17, 15) is 18.3 Å². The van der Waals surface area contributed by atoms with Gasteiger partial charge in [0, 0.05) is 0 Å². The molecule has 128 valence electrons. The van der Waals surface area contributed by atoms with Gasteiger partial charge in [-0.1, -0.05) is 32.8 Å². The predicted molar refractivity (Wildman–Crippen MR) is 89.8 cm³/mol. The third-order valence-corrected chi connectivity index (χ3v) is 5.45. The highest BCUT2D eigenvalue weighted by Gasteiger charge is 2.36. The number of rotatable bonds is 7. The Balaban J connectivity index is 2.13. The van der Waals surface area contributed by atoms with Crippen molar-refractivity contribution in [1.82, 2.24) is 4.72 Å². The second-order valence-corrected chi connectivity index (χ2v) is 7.99. The van der Waals surface area contributed by atoms with E-state index in [0.717, 1.165) is 35.6 Å². The quantitative estimate of drug-likeness (QED) is 0.587. The lowest BCUT2D eigenvalue weighted by atomic mass is 10.0. The van der Waals surface area contributed by atoms with E-state index in [-0.39, 0.29) is 18.0 Å². The van der Waals surface area contributed by atoms with Gasteiger partial charge in [-0.15, -0.1) is 0 Å². The average molecular weight is 340 g/mol. The number of anilines is 1. The van der Waals surface area contributed by atoms with Crippen LogP contribution in [0.5, 0.6) is 5.75 Å². The molecule has 1 saturated heterocycles. The maximum Gasteiger partial charge on any atom is 0.302 e. The van der Waals surface area contributed by atoms with E-state index in [1.54, 1.807) is 6.07 Å². The zero-order chi connectivity index (χ0) is 17.0. The normalized spacial score (nSPS) is 20.1. The molecule has 1 aromatic carbocycles. The number of nitrogens with one attached hydrogen (secondary N) is 1. The predicted octanol–water partition coefficient (Wildman–Crippen LogP) is 1.98. The van der Waals surface area contributed by atoms with Gasteiger partial charge in [-0.3, -0.25) is 4.31 Å². The van der Waals surface area contributed by atoms with Crippen molar-refractivity contribution in [2.45, 2.75) is 45.6 Å². The Morgan fingerprint density at radius 3 is 2.74 bits per heavy atom. The molecule has 1 atom stereocenters. The van der Waals surface area contributed by atoms with Crippen molar-refractivity contribution in [3.8, 4) is 5.75 Å². The molecule has 1 fully saturated rings. The van der Waals surface area contributed by atoms with E-state index in [1.807, 2.05) is 6.07 Å². The Bertz CT molecular complexity index is 658. The Morgan fingerprint density at radius 2 is 2.13 bits per heavy atom. The Morgan fingerprint density at radius 1 is 1.39 bits per heavy atom. The van der Waals surface area contributed by atoms with Gasteiger partial charge in [0.05, 0.1) is 18.3 Å². The van der Waals surface area contributed by atoms with Crippen LogP contribution in [0.2, 0.25) is 0 Å². The number of nitrogens with zero attached hydrogens (tertiary/aromatic N) is 1. The number of phenolic OH excluding ortho intramolecular Hbond substituents is 1. The number of hydrogen-bond acceptors (Lipinski definition) is 4. The minimum Gasteiger partial charge on any atom is -0.506 e. The van der Waals surface area contributed by atoms with E-state index in [4.69, 9.17) is 0 Å². The van der Waals surface area contributed by atoms with Crippen molar-refractivity contribution in [3.05, 3.63) is 23.8 Å². The third-order valence-electron chi connectivity index (χ3n) is 3.92. The van der Waals surface area contributed by atoms with Gasteiger partial charge in [0.15, 0.2) is 0 Å². The first-order valence-electron chi connectivity index (χ1n) is 7.90. The fourth-order valence-corrected chi connectivity index (χ4v) is 4.08. The minimum absolute atomic E-state index is 0.00377. The summed E-state index contributed by atoms with van der Waals surface area (Å²) in [5, 5.41) is 10.0. The minimum atomic E-state index is -3.78. The van der Waals surface area contributed by atoms with Gasteiger partial charge in [0.2, 0.25) is 0 Å². The molecule has 1 aliphatic heterocycles. The molecule has 1 heterocycles. The zero-order valence-corrected chi connectivity index (χ0v) is 14.3. The molecule has 0 aromatic heterocycles. The fourth-order valence-electron chi connectivity index (χ4n) is 2.67. The summed E-state index contributed by atoms with van der Waals surface area (Å²) in [6.07, 6.45) is 4.69. The maximum atomic E-state index is 12.1. The van der Waals surface area contributed by atoms with E-state index in [0.29, 0.717) is 12.2 Å². The SMILES string of the molecule is CC(C)CCCCc1ccc(O)c(N2CC(C=O)NS2(=O)=O)c1. The van der Waals surface area contributed by atoms with Crippen molar-refractivity contribution >= 4 is 22.2 Å². The van der Waals surface area contributed by atoms with E-state index >= 15 is 0 Å². The smallest absolute Gasteiger partial charge is 0.302 e. The molecular formula is C16H24N2O4S. The molecule has 1 aliphatic rings. The van der Waals surface area contributed by atoms with Crippen molar-refractivity contribution in [2.75, 3.05) is 10.8 Å². The summed E-state index contributed by atoms with van der Waals surface area (Å²) in [5.41, 5.74) is 1.20. The first kappa shape index (κ1) is 17.7. The zero-order valence-electron chi connectivity index (χ0n) is 13.5. The average Bonchev–Trinajstić information content (AvgIpc) is 2.80. The molecule has 2 rings (SSSR count). The van der Waals surface area contributed by atoms with Crippen molar-refractivity contribution in [2.24, 2.45) is 5.92 Å². The number of phenols is 1. The first-order chi connectivity index (χ1) is 10.8. The number of carbonyl (C=O) groups excluding carboxylic acids is 1. The lowest BCUT2D eigenvalue weighted by Crippen LogP contribution is -2.30. The number of aldehydes is 1. The molecule has 0 aliphatic carbocycles. The molecule has 0 bridgehead atoms. The Hall–Kier alpha value is -1.60. The Kier molecular flexibility index (Phi) is 5.64. The largest absolute Gasteiger partial charge is 0.506 e. The number of carbonyl (C=O) groups is 1. The summed E-state index contributed by atoms with van der Waals surface area (Å²) in [6.45, 7) is 4.37. The number of aromatic hydroxyl groups is 1. The van der Waals surface area contributed by atoms with Gasteiger partial charge >= 0.3 is 10.2 Å². The highest BCUT2D eigenvalue weighted by Crippen LogP contribution is 2.32. The van der Waals surface area contributed by atoms with E-state index < -0.39 is 16.3 Å². The molecule has 0 saturated carbocycles. The van der Waals surface area contributed by atoms with Gasteiger partial charge in [0.25, 0.3) is 0 Å². The van der Waals surface area contributed by atoms with Gasteiger partial charge in [0.1, 0.15) is 12.0 Å². The van der Waals surface area contributed by atoms with E-state index in [1.165, 1.54) is 6.07 Å². The van der Waals surface area contributed by atoms with Crippen LogP contribution in [0.25, 0.3) is 0 Å². The number of unbranched alkanes of at least 4 members (excludes halogenated alkanes) is 1. The molecule has 6 nitrogen and oxygen atoms in total. The molecule has 0 spiro atoms. The van der Waals surface area contributed by atoms with Crippen molar-refractivity contribution < 1.29 is 18.3 Å². The summed E-state index contributed by atoms with van der Waals surface area (Å²) in [4.78, 5) is 10.8. The lowest BCUT2D eigenvalue weighted by molar-refractivity contribution is -0.108. The van der Waals surface area contributed by atoms with Gasteiger partial charge in [-0.2, -0.15) is 13.1 Å². The molecule has 0 radical (unpaired) electrons. The van der Waals surface area contributed by atoms with Crippen LogP contribution in [0, 0.1) is 5.92 Å². The van der Waals surface area contributed by atoms with Gasteiger partial charge in [-0.05, 0) is 36.5 Å². The van der Waals surface area contributed by atoms with Crippen LogP contribution in [0.15, 0.2) is 18.2 Å². The molecular weight excluding hydrogens is 316 g/mol. The summed E-state index contributed by atoms with van der Waals surface area (Å²) in [5.74, 6) is 0.569. The summed E-state index contributed by atoms with van der Waals surface area (Å²) in [7, 11) is -3.78. The molecule has 0 amide bonds. The summed E-state index contributed by atoms with van der Waals surface area (Å²) < 4.78 is 27.5. The van der Waals surface area contributed by atoms with Crippen LogP contribution in [0.3, 0.4) is 0 Å². The van der Waals surface area contributed by atoms with Crippen LogP contribution >= 0.6 is 0 Å². The number of benzene rings is 1. The maximum absolute atomic E-state index is 12.1. The van der Waals surface area contributed by atoms with Crippen molar-refractivity contribution in [3.63, 3.8) is 0 Å². The molecule has 1 unspecified atom stereocenters. The standard InChI is InChI=1S/C16H24N2O4S/c1-12(2)5-3-4-6-13-7-8-16(20)15(9-13)18-10-14(11-19)17-23(18,21)22/h7-9,11-12,14,17,20H,3-6,10H2,1-2H3. The molecule has 1 aromatic rings. The van der Waals surface area contributed by atoms with E-state index in [2.05, 4.69) is 18.6 Å². The van der Waals surface area contributed by atoms with Crippen LogP contribution in [0.4, 0.5) is 5.69 Å². The van der Waals surface area contributed by atoms with Crippen molar-refractivity contribution in [1.29, 1.82) is 0 Å². The number of hydrogen-bond donors (Lipinski definition) is 2. The highest BCUT2D eigenvalue weighted by atomic mass is 32.2. The van der Waals surface area contributed by atoms with Crippen LogP contribution < -0.4 is 9.03 Å². The summed E-state index contributed by atoms with van der Waals surface area (Å²) >= 11 is 0. The molecule has 7 heteroatoms. The van der Waals surface area contributed by atoms with Gasteiger partial charge < -0.3 is 9.90 Å². The van der Waals surface area contributed by atoms with Crippen LogP contribution in [0.1, 0.15) is 38.7 Å². The topological polar surface area (TPSA) is 86.7 Å². The van der Waals surface area contributed by atoms with Crippen LogP contribution in [-0.2, 0) is 21.4 Å². The molecule has 23 heavy (non-hydrogen) atoms. The monoisotopic (exact) mass is 340 g/mol. The Labute approximate surface area is 137 Å². The summed E-state index contributed by atoms with van der Waals surface area (Å²) in [6, 6.07) is 4.23.